The maximum absolute atomic E-state index is 11.0. The molecule has 4 heteroatoms. The van der Waals surface area contributed by atoms with Crippen molar-refractivity contribution in [2.45, 2.75) is 6.92 Å². The van der Waals surface area contributed by atoms with Crippen LogP contribution in [0.5, 0.6) is 0 Å². The van der Waals surface area contributed by atoms with Crippen LogP contribution >= 0.6 is 0 Å². The van der Waals surface area contributed by atoms with E-state index in [0.717, 1.165) is 0 Å². The largest absolute Gasteiger partial charge is 0.294 e. The molecule has 0 saturated heterocycles. The van der Waals surface area contributed by atoms with Gasteiger partial charge in [0.2, 0.25) is 0 Å². The lowest BCUT2D eigenvalue weighted by molar-refractivity contribution is -0.626. The van der Waals surface area contributed by atoms with Crippen LogP contribution in [0.1, 0.15) is 6.92 Å². The molecular formula is C8H12N3O+. The Morgan fingerprint density at radius 3 is 3.25 bits per heavy atom. The Hall–Kier alpha value is -1.42. The molecule has 0 spiro atoms. The molecule has 0 radical (unpaired) electrons. The smallest absolute Gasteiger partial charge is 0.186 e. The first kappa shape index (κ1) is 8.67. The summed E-state index contributed by atoms with van der Waals surface area (Å²) in [6, 6.07) is 0. The quantitative estimate of drug-likeness (QED) is 0.423. The Kier molecular flexibility index (Phi) is 2.76. The van der Waals surface area contributed by atoms with Crippen LogP contribution in [0.25, 0.3) is 0 Å². The second-order valence-electron chi connectivity index (χ2n) is 2.43. The molecule has 0 atom stereocenters. The Balaban J connectivity index is 2.73. The van der Waals surface area contributed by atoms with E-state index >= 15 is 0 Å². The van der Waals surface area contributed by atoms with Crippen LogP contribution < -0.4 is 10.9 Å². The summed E-state index contributed by atoms with van der Waals surface area (Å²) in [4.78, 5) is 15.1. The average Bonchev–Trinajstić information content (AvgIpc) is 2.48. The highest BCUT2D eigenvalue weighted by atomic mass is 16.1. The summed E-state index contributed by atoms with van der Waals surface area (Å²) in [7, 11) is 0. The normalized spacial score (nSPS) is 18.8. The van der Waals surface area contributed by atoms with Crippen LogP contribution in [0.3, 0.4) is 0 Å². The number of rotatable bonds is 3. The lowest BCUT2D eigenvalue weighted by Crippen LogP contribution is -2.86. The van der Waals surface area contributed by atoms with E-state index in [1.54, 1.807) is 17.7 Å². The van der Waals surface area contributed by atoms with Crippen molar-refractivity contribution in [1.82, 2.24) is 5.43 Å². The number of Topliss-reactive ketones (excluding diaryl/α,β-unsaturated/α-hetero) is 1. The number of hydrogen-bond donors (Lipinski definition) is 2. The van der Waals surface area contributed by atoms with Gasteiger partial charge in [-0.15, -0.1) is 6.58 Å². The van der Waals surface area contributed by atoms with E-state index in [9.17, 15) is 4.79 Å². The molecule has 0 amide bonds. The average molecular weight is 166 g/mol. The van der Waals surface area contributed by atoms with Crippen LogP contribution in [0.4, 0.5) is 0 Å². The van der Waals surface area contributed by atoms with Crippen LogP contribution in [0.15, 0.2) is 29.4 Å². The minimum absolute atomic E-state index is 0.0269. The molecule has 1 aliphatic heterocycles. The molecule has 1 heterocycles. The molecule has 12 heavy (non-hydrogen) atoms. The maximum atomic E-state index is 11.0. The van der Waals surface area contributed by atoms with Gasteiger partial charge in [-0.2, -0.15) is 0 Å². The van der Waals surface area contributed by atoms with Crippen molar-refractivity contribution in [1.29, 1.82) is 0 Å². The topological polar surface area (TPSA) is 58.1 Å². The third-order valence-corrected chi connectivity index (χ3v) is 1.48. The molecule has 0 bridgehead atoms. The first-order valence-corrected chi connectivity index (χ1v) is 3.72. The van der Waals surface area contributed by atoms with Crippen LogP contribution in [-0.4, -0.2) is 18.2 Å². The fraction of sp³-hybridized carbons (Fsp3) is 0.250. The van der Waals surface area contributed by atoms with Crippen molar-refractivity contribution in [3.63, 3.8) is 0 Å². The van der Waals surface area contributed by atoms with E-state index in [1.165, 1.54) is 6.92 Å². The zero-order valence-electron chi connectivity index (χ0n) is 7.00. The molecule has 3 N–H and O–H groups in total. The van der Waals surface area contributed by atoms with E-state index in [0.29, 0.717) is 18.0 Å². The van der Waals surface area contributed by atoms with Crippen molar-refractivity contribution < 1.29 is 10.2 Å². The summed E-state index contributed by atoms with van der Waals surface area (Å²) in [5, 5.41) is 0. The van der Waals surface area contributed by atoms with E-state index < -0.39 is 0 Å². The van der Waals surface area contributed by atoms with Gasteiger partial charge in [0.25, 0.3) is 0 Å². The SMILES string of the molecule is C=CCN=C1N[NH2+]C=C1C(C)=O. The molecule has 0 aromatic rings. The molecule has 1 rings (SSSR count). The van der Waals surface area contributed by atoms with E-state index in [4.69, 9.17) is 0 Å². The van der Waals surface area contributed by atoms with Gasteiger partial charge in [-0.3, -0.25) is 9.79 Å². The number of ketones is 1. The van der Waals surface area contributed by atoms with Crippen molar-refractivity contribution in [3.8, 4) is 0 Å². The molecular weight excluding hydrogens is 154 g/mol. The molecule has 1 aliphatic rings. The number of nitrogens with zero attached hydrogens (tertiary/aromatic N) is 1. The number of hydrogen-bond acceptors (Lipinski definition) is 2. The van der Waals surface area contributed by atoms with Crippen LogP contribution in [0.2, 0.25) is 0 Å². The number of aliphatic imine (C=N–C) groups is 1. The van der Waals surface area contributed by atoms with Gasteiger partial charge >= 0.3 is 0 Å². The molecule has 0 unspecified atom stereocenters. The van der Waals surface area contributed by atoms with Crippen molar-refractivity contribution >= 4 is 11.6 Å². The molecule has 64 valence electrons. The zero-order chi connectivity index (χ0) is 8.97. The Morgan fingerprint density at radius 1 is 1.92 bits per heavy atom. The molecule has 0 aromatic heterocycles. The van der Waals surface area contributed by atoms with E-state index in [-0.39, 0.29) is 5.78 Å². The zero-order valence-corrected chi connectivity index (χ0v) is 7.00. The summed E-state index contributed by atoms with van der Waals surface area (Å²) in [6.07, 6.45) is 3.41. The monoisotopic (exact) mass is 166 g/mol. The van der Waals surface area contributed by atoms with Gasteiger partial charge in [0.1, 0.15) is 11.8 Å². The van der Waals surface area contributed by atoms with Crippen LogP contribution in [-0.2, 0) is 4.79 Å². The molecule has 0 saturated carbocycles. The molecule has 0 fully saturated rings. The fourth-order valence-electron chi connectivity index (χ4n) is 0.931. The third-order valence-electron chi connectivity index (χ3n) is 1.48. The molecule has 4 nitrogen and oxygen atoms in total. The fourth-order valence-corrected chi connectivity index (χ4v) is 0.931. The minimum atomic E-state index is 0.0269. The van der Waals surface area contributed by atoms with Gasteiger partial charge in [0.05, 0.1) is 6.54 Å². The summed E-state index contributed by atoms with van der Waals surface area (Å²) >= 11 is 0. The second-order valence-corrected chi connectivity index (χ2v) is 2.43. The lowest BCUT2D eigenvalue weighted by Gasteiger charge is -1.95. The maximum Gasteiger partial charge on any atom is 0.186 e. The number of nitrogens with two attached hydrogens (primary N) is 1. The summed E-state index contributed by atoms with van der Waals surface area (Å²) in [6.45, 7) is 5.59. The number of nitrogens with one attached hydrogen (secondary N) is 1. The predicted molar refractivity (Wildman–Crippen MR) is 46.3 cm³/mol. The summed E-state index contributed by atoms with van der Waals surface area (Å²) in [5.74, 6) is 0.668. The number of carbonyl (C=O) groups is 1. The molecule has 0 aromatic carbocycles. The number of quaternary nitrogens is 1. The first-order valence-electron chi connectivity index (χ1n) is 3.72. The number of amidine groups is 1. The van der Waals surface area contributed by atoms with Gasteiger partial charge in [-0.05, 0) is 6.92 Å². The first-order chi connectivity index (χ1) is 5.75. The highest BCUT2D eigenvalue weighted by Crippen LogP contribution is 1.97. The van der Waals surface area contributed by atoms with Crippen LogP contribution in [0, 0.1) is 0 Å². The van der Waals surface area contributed by atoms with Crippen molar-refractivity contribution in [2.75, 3.05) is 6.54 Å². The Morgan fingerprint density at radius 2 is 2.67 bits per heavy atom. The van der Waals surface area contributed by atoms with Gasteiger partial charge in [-0.1, -0.05) is 6.08 Å². The standard InChI is InChI=1S/C8H11N3O/c1-3-4-9-8-7(6(2)12)5-10-11-8/h3,5H,1,4H2,2H3,(H2,9,10,11)/p+1. The Labute approximate surface area is 71.0 Å². The summed E-state index contributed by atoms with van der Waals surface area (Å²) < 4.78 is 0. The summed E-state index contributed by atoms with van der Waals surface area (Å²) in [5.41, 5.74) is 5.23. The Bertz CT molecular complexity index is 265. The predicted octanol–water partition coefficient (Wildman–Crippen LogP) is -0.875. The second kappa shape index (κ2) is 3.82. The van der Waals surface area contributed by atoms with Crippen molar-refractivity contribution in [3.05, 3.63) is 24.4 Å². The van der Waals surface area contributed by atoms with Gasteiger partial charge < -0.3 is 0 Å². The van der Waals surface area contributed by atoms with Gasteiger partial charge in [-0.25, -0.2) is 10.9 Å². The highest BCUT2D eigenvalue weighted by molar-refractivity contribution is 6.20. The number of carbonyl (C=O) groups excluding carboxylic acids is 1. The third kappa shape index (κ3) is 1.79. The lowest BCUT2D eigenvalue weighted by atomic mass is 10.2. The van der Waals surface area contributed by atoms with Gasteiger partial charge in [0, 0.05) is 0 Å². The van der Waals surface area contributed by atoms with Crippen molar-refractivity contribution in [2.24, 2.45) is 4.99 Å². The van der Waals surface area contributed by atoms with E-state index in [1.807, 2.05) is 0 Å². The molecule has 0 aliphatic carbocycles. The minimum Gasteiger partial charge on any atom is -0.294 e. The van der Waals surface area contributed by atoms with E-state index in [2.05, 4.69) is 17.0 Å². The van der Waals surface area contributed by atoms with Gasteiger partial charge in [0.15, 0.2) is 11.6 Å². The highest BCUT2D eigenvalue weighted by Gasteiger charge is 2.19.